The monoisotopic (exact) mass is 294 g/mol. The largest absolute Gasteiger partial charge is 0.466 e. The van der Waals surface area contributed by atoms with Gasteiger partial charge in [0.1, 0.15) is 5.60 Å². The van der Waals surface area contributed by atoms with E-state index in [1.807, 2.05) is 6.92 Å². The minimum absolute atomic E-state index is 0.0220. The third kappa shape index (κ3) is 1.48. The van der Waals surface area contributed by atoms with Crippen LogP contribution in [0, 0.1) is 5.41 Å². The zero-order valence-electron chi connectivity index (χ0n) is 12.4. The maximum atomic E-state index is 12.7. The molecule has 0 amide bonds. The highest BCUT2D eigenvalue weighted by molar-refractivity contribution is 6.14. The number of esters is 2. The molecule has 114 valence electrons. The van der Waals surface area contributed by atoms with Crippen molar-refractivity contribution in [2.24, 2.45) is 5.41 Å². The molecule has 1 saturated carbocycles. The highest BCUT2D eigenvalue weighted by atomic mass is 16.6. The molecule has 0 aromatic heterocycles. The van der Waals surface area contributed by atoms with E-state index in [4.69, 9.17) is 14.2 Å². The first-order valence-corrected chi connectivity index (χ1v) is 7.06. The number of hydrogen-bond donors (Lipinski definition) is 0. The van der Waals surface area contributed by atoms with Gasteiger partial charge >= 0.3 is 11.9 Å². The second-order valence-corrected chi connectivity index (χ2v) is 6.00. The van der Waals surface area contributed by atoms with Crippen LogP contribution in [0.1, 0.15) is 32.6 Å². The summed E-state index contributed by atoms with van der Waals surface area (Å²) < 4.78 is 15.5. The predicted molar refractivity (Wildman–Crippen MR) is 70.2 cm³/mol. The number of rotatable bonds is 2. The number of ketones is 1. The summed E-state index contributed by atoms with van der Waals surface area (Å²) in [5.41, 5.74) is -1.60. The van der Waals surface area contributed by atoms with Crippen molar-refractivity contribution >= 4 is 17.7 Å². The van der Waals surface area contributed by atoms with E-state index < -0.39 is 29.1 Å². The van der Waals surface area contributed by atoms with Gasteiger partial charge in [-0.1, -0.05) is 12.8 Å². The van der Waals surface area contributed by atoms with Crippen molar-refractivity contribution in [1.29, 1.82) is 0 Å². The molecule has 0 aromatic rings. The van der Waals surface area contributed by atoms with Gasteiger partial charge in [0.15, 0.2) is 11.9 Å². The molecule has 2 bridgehead atoms. The number of fused-ring (bicyclic) bond motifs is 1. The Bertz CT molecular complexity index is 577. The number of hydrogen-bond acceptors (Lipinski definition) is 6. The molecule has 6 heteroatoms. The van der Waals surface area contributed by atoms with Gasteiger partial charge in [-0.2, -0.15) is 0 Å². The molecule has 6 nitrogen and oxygen atoms in total. The first kappa shape index (κ1) is 14.3. The van der Waals surface area contributed by atoms with Crippen molar-refractivity contribution in [3.05, 3.63) is 11.1 Å². The molecule has 2 fully saturated rings. The molecule has 3 atom stereocenters. The zero-order valence-corrected chi connectivity index (χ0v) is 12.4. The minimum atomic E-state index is -1.04. The molecule has 2 heterocycles. The van der Waals surface area contributed by atoms with E-state index in [0.29, 0.717) is 12.8 Å². The number of carbonyl (C=O) groups is 3. The summed E-state index contributed by atoms with van der Waals surface area (Å²) in [5.74, 6) is -1.44. The Labute approximate surface area is 122 Å². The molecule has 0 N–H and O–H groups in total. The van der Waals surface area contributed by atoms with Gasteiger partial charge in [-0.15, -0.1) is 0 Å². The molecule has 2 aliphatic heterocycles. The normalized spacial score (nSPS) is 37.5. The first-order valence-electron chi connectivity index (χ1n) is 7.06. The van der Waals surface area contributed by atoms with Crippen LogP contribution < -0.4 is 0 Å². The van der Waals surface area contributed by atoms with E-state index in [1.54, 1.807) is 0 Å². The Balaban J connectivity index is 2.24. The van der Waals surface area contributed by atoms with E-state index in [2.05, 4.69) is 0 Å². The van der Waals surface area contributed by atoms with E-state index in [-0.39, 0.29) is 16.9 Å². The molecule has 0 aromatic carbocycles. The van der Waals surface area contributed by atoms with Gasteiger partial charge in [0.25, 0.3) is 0 Å². The van der Waals surface area contributed by atoms with Crippen LogP contribution in [0.4, 0.5) is 0 Å². The van der Waals surface area contributed by atoms with Gasteiger partial charge in [-0.05, 0) is 19.8 Å². The Morgan fingerprint density at radius 3 is 2.38 bits per heavy atom. The fourth-order valence-corrected chi connectivity index (χ4v) is 4.08. The number of methoxy groups -OCH3 is 2. The second kappa shape index (κ2) is 4.40. The summed E-state index contributed by atoms with van der Waals surface area (Å²) >= 11 is 0. The summed E-state index contributed by atoms with van der Waals surface area (Å²) in [6, 6.07) is 0. The zero-order chi connectivity index (χ0) is 15.4. The number of Topliss-reactive ketones (excluding diaryl/α,β-unsaturated/α-hetero) is 1. The molecule has 0 radical (unpaired) electrons. The average Bonchev–Trinajstić information content (AvgIpc) is 2.94. The molecule has 1 aliphatic carbocycles. The molecule has 0 unspecified atom stereocenters. The Hall–Kier alpha value is -1.69. The van der Waals surface area contributed by atoms with E-state index in [0.717, 1.165) is 12.8 Å². The van der Waals surface area contributed by atoms with E-state index in [9.17, 15) is 14.4 Å². The highest BCUT2D eigenvalue weighted by Gasteiger charge is 2.73. The van der Waals surface area contributed by atoms with Crippen molar-refractivity contribution in [1.82, 2.24) is 0 Å². The highest BCUT2D eigenvalue weighted by Crippen LogP contribution is 2.62. The molecule has 1 saturated heterocycles. The fourth-order valence-electron chi connectivity index (χ4n) is 4.08. The van der Waals surface area contributed by atoms with Gasteiger partial charge in [0.2, 0.25) is 0 Å². The van der Waals surface area contributed by atoms with Crippen LogP contribution in [0.3, 0.4) is 0 Å². The molecular formula is C15H18O6. The lowest BCUT2D eigenvalue weighted by molar-refractivity contribution is -0.143. The van der Waals surface area contributed by atoms with Crippen molar-refractivity contribution in [2.45, 2.75) is 44.3 Å². The topological polar surface area (TPSA) is 78.9 Å². The Morgan fingerprint density at radius 1 is 1.14 bits per heavy atom. The summed E-state index contributed by atoms with van der Waals surface area (Å²) in [7, 11) is 2.48. The standard InChI is InChI=1S/C15H18O6/c1-14-6-4-5-7-15(14)9(13(18)20-3)8(12(17)19-2)10(21-15)11(14)16/h10H,4-7H2,1-3H3/t10-,14+,15+/m1/s1. The first-order chi connectivity index (χ1) is 9.93. The smallest absolute Gasteiger partial charge is 0.337 e. The molecule has 1 spiro atoms. The minimum Gasteiger partial charge on any atom is -0.466 e. The second-order valence-electron chi connectivity index (χ2n) is 6.00. The van der Waals surface area contributed by atoms with Crippen molar-refractivity contribution in [3.8, 4) is 0 Å². The van der Waals surface area contributed by atoms with Crippen molar-refractivity contribution in [2.75, 3.05) is 14.2 Å². The van der Waals surface area contributed by atoms with Crippen LogP contribution in [-0.2, 0) is 28.6 Å². The van der Waals surface area contributed by atoms with Crippen molar-refractivity contribution in [3.63, 3.8) is 0 Å². The number of ether oxygens (including phenoxy) is 3. The van der Waals surface area contributed by atoms with Crippen LogP contribution in [0.15, 0.2) is 11.1 Å². The maximum absolute atomic E-state index is 12.7. The van der Waals surface area contributed by atoms with E-state index >= 15 is 0 Å². The summed E-state index contributed by atoms with van der Waals surface area (Å²) in [5, 5.41) is 0. The Morgan fingerprint density at radius 2 is 1.76 bits per heavy atom. The summed E-state index contributed by atoms with van der Waals surface area (Å²) in [4.78, 5) is 37.0. The van der Waals surface area contributed by atoms with Gasteiger partial charge in [0.05, 0.1) is 30.8 Å². The summed E-state index contributed by atoms with van der Waals surface area (Å²) in [6.45, 7) is 1.82. The molecule has 3 rings (SSSR count). The lowest BCUT2D eigenvalue weighted by atomic mass is 9.57. The summed E-state index contributed by atoms with van der Waals surface area (Å²) in [6.07, 6.45) is 1.93. The van der Waals surface area contributed by atoms with Crippen LogP contribution in [-0.4, -0.2) is 43.6 Å². The van der Waals surface area contributed by atoms with Crippen LogP contribution in [0.2, 0.25) is 0 Å². The van der Waals surface area contributed by atoms with Crippen molar-refractivity contribution < 1.29 is 28.6 Å². The van der Waals surface area contributed by atoms with E-state index in [1.165, 1.54) is 14.2 Å². The fraction of sp³-hybridized carbons (Fsp3) is 0.667. The quantitative estimate of drug-likeness (QED) is 0.705. The lowest BCUT2D eigenvalue weighted by Crippen LogP contribution is -2.53. The lowest BCUT2D eigenvalue weighted by Gasteiger charge is -2.45. The average molecular weight is 294 g/mol. The van der Waals surface area contributed by atoms with Gasteiger partial charge in [-0.25, -0.2) is 9.59 Å². The maximum Gasteiger partial charge on any atom is 0.337 e. The SMILES string of the molecule is COC(=O)C1=C(C(=O)OC)[C@@]23CCCC[C@@]2(C)C(=O)[C@@H]1O3. The third-order valence-corrected chi connectivity index (χ3v) is 5.18. The van der Waals surface area contributed by atoms with Gasteiger partial charge in [-0.3, -0.25) is 4.79 Å². The van der Waals surface area contributed by atoms with Crippen LogP contribution in [0.25, 0.3) is 0 Å². The molecule has 3 aliphatic rings. The third-order valence-electron chi connectivity index (χ3n) is 5.18. The molecular weight excluding hydrogens is 276 g/mol. The van der Waals surface area contributed by atoms with Crippen LogP contribution >= 0.6 is 0 Å². The predicted octanol–water partition coefficient (Wildman–Crippen LogP) is 0.930. The van der Waals surface area contributed by atoms with Crippen LogP contribution in [0.5, 0.6) is 0 Å². The van der Waals surface area contributed by atoms with Gasteiger partial charge < -0.3 is 14.2 Å². The van der Waals surface area contributed by atoms with Gasteiger partial charge in [0, 0.05) is 0 Å². The molecule has 21 heavy (non-hydrogen) atoms. The number of carbonyl (C=O) groups excluding carboxylic acids is 3. The Kier molecular flexibility index (Phi) is 2.99.